The van der Waals surface area contributed by atoms with Crippen LogP contribution in [0.4, 0.5) is 0 Å². The van der Waals surface area contributed by atoms with E-state index in [1.54, 1.807) is 7.11 Å². The Kier molecular flexibility index (Phi) is 4.06. The van der Waals surface area contributed by atoms with Gasteiger partial charge in [0, 0.05) is 36.2 Å². The van der Waals surface area contributed by atoms with E-state index in [4.69, 9.17) is 4.84 Å². The molecule has 0 aromatic rings. The van der Waals surface area contributed by atoms with Crippen LogP contribution in [0.25, 0.3) is 0 Å². The summed E-state index contributed by atoms with van der Waals surface area (Å²) < 4.78 is 0. The second kappa shape index (κ2) is 5.90. The third kappa shape index (κ3) is 2.27. The Bertz CT molecular complexity index is 629. The number of Topliss-reactive ketones (excluding diaryl/α,β-unsaturated/α-hetero) is 2. The summed E-state index contributed by atoms with van der Waals surface area (Å²) in [6, 6.07) is 0. The highest BCUT2D eigenvalue weighted by molar-refractivity contribution is 5.93. The summed E-state index contributed by atoms with van der Waals surface area (Å²) in [4.78, 5) is 30.5. The highest BCUT2D eigenvalue weighted by Gasteiger charge is 2.63. The maximum Gasteiger partial charge on any atom is 0.139 e. The molecule has 4 fully saturated rings. The number of aliphatic hydroxyl groups is 1. The van der Waals surface area contributed by atoms with Gasteiger partial charge in [0.1, 0.15) is 18.7 Å². The zero-order valence-corrected chi connectivity index (χ0v) is 15.3. The average molecular weight is 347 g/mol. The van der Waals surface area contributed by atoms with E-state index < -0.39 is 0 Å². The SMILES string of the molecule is CO/N=C1/CC[C@]2(CO)C3CCC4(C)C(=O)CCC4C3CC(=O)[C@H]2C1. The van der Waals surface area contributed by atoms with E-state index in [-0.39, 0.29) is 35.1 Å². The van der Waals surface area contributed by atoms with Crippen LogP contribution in [-0.2, 0) is 14.4 Å². The van der Waals surface area contributed by atoms with Crippen LogP contribution in [0.1, 0.15) is 58.3 Å². The lowest BCUT2D eigenvalue weighted by atomic mass is 9.44. The van der Waals surface area contributed by atoms with Crippen LogP contribution in [0.2, 0.25) is 0 Å². The molecule has 4 aliphatic rings. The van der Waals surface area contributed by atoms with Crippen LogP contribution in [0, 0.1) is 34.5 Å². The Morgan fingerprint density at radius 1 is 1.16 bits per heavy atom. The maximum absolute atomic E-state index is 13.1. The average Bonchev–Trinajstić information content (AvgIpc) is 2.91. The number of carbonyl (C=O) groups is 2. The standard InChI is InChI=1S/C20H29NO4/c1-19-7-6-15-13(14(19)3-4-18(19)24)10-17(23)16-9-12(21-25-2)5-8-20(15,16)11-22/h13-16,22H,3-11H2,1-2H3/b21-12-/t13?,14?,15?,16-,19?,20+/m1/s1. The normalized spacial score (nSPS) is 48.0. The molecule has 0 amide bonds. The summed E-state index contributed by atoms with van der Waals surface area (Å²) >= 11 is 0. The van der Waals surface area contributed by atoms with E-state index in [9.17, 15) is 14.7 Å². The number of aliphatic hydroxyl groups excluding tert-OH is 1. The van der Waals surface area contributed by atoms with Crippen molar-refractivity contribution in [3.05, 3.63) is 0 Å². The number of fused-ring (bicyclic) bond motifs is 5. The molecule has 0 bridgehead atoms. The van der Waals surface area contributed by atoms with Gasteiger partial charge in [0.2, 0.25) is 0 Å². The van der Waals surface area contributed by atoms with E-state index in [0.29, 0.717) is 36.9 Å². The van der Waals surface area contributed by atoms with Crippen molar-refractivity contribution in [1.29, 1.82) is 0 Å². The Hall–Kier alpha value is -1.23. The number of hydrogen-bond donors (Lipinski definition) is 1. The smallest absolute Gasteiger partial charge is 0.139 e. The second-order valence-corrected chi connectivity index (χ2v) is 8.95. The lowest BCUT2D eigenvalue weighted by molar-refractivity contribution is -0.160. The molecule has 5 nitrogen and oxygen atoms in total. The largest absolute Gasteiger partial charge is 0.399 e. The monoisotopic (exact) mass is 347 g/mol. The highest BCUT2D eigenvalue weighted by Crippen LogP contribution is 2.64. The fraction of sp³-hybridized carbons (Fsp3) is 0.850. The number of ketones is 2. The molecule has 0 radical (unpaired) electrons. The Balaban J connectivity index is 1.69. The molecule has 4 saturated carbocycles. The molecular formula is C20H29NO4. The van der Waals surface area contributed by atoms with Gasteiger partial charge in [-0.15, -0.1) is 0 Å². The van der Waals surface area contributed by atoms with Gasteiger partial charge in [-0.1, -0.05) is 12.1 Å². The Morgan fingerprint density at radius 3 is 2.68 bits per heavy atom. The molecule has 0 aromatic heterocycles. The molecule has 4 rings (SSSR count). The molecule has 0 spiro atoms. The first-order chi connectivity index (χ1) is 12.0. The minimum atomic E-state index is -0.320. The van der Waals surface area contributed by atoms with Gasteiger partial charge in [-0.2, -0.15) is 0 Å². The summed E-state index contributed by atoms with van der Waals surface area (Å²) in [5.41, 5.74) is 0.391. The second-order valence-electron chi connectivity index (χ2n) is 8.95. The number of oxime groups is 1. The third-order valence-corrected chi connectivity index (χ3v) is 8.24. The van der Waals surface area contributed by atoms with Gasteiger partial charge in [0.15, 0.2) is 0 Å². The molecule has 0 heterocycles. The van der Waals surface area contributed by atoms with Gasteiger partial charge in [0.05, 0.1) is 5.71 Å². The lowest BCUT2D eigenvalue weighted by Crippen LogP contribution is -2.59. The van der Waals surface area contributed by atoms with Crippen molar-refractivity contribution in [3.63, 3.8) is 0 Å². The summed E-state index contributed by atoms with van der Waals surface area (Å²) in [6.45, 7) is 2.19. The van der Waals surface area contributed by atoms with Crippen LogP contribution in [0.15, 0.2) is 5.16 Å². The van der Waals surface area contributed by atoms with E-state index in [1.165, 1.54) is 0 Å². The van der Waals surface area contributed by atoms with Crippen molar-refractivity contribution < 1.29 is 19.5 Å². The van der Waals surface area contributed by atoms with Gasteiger partial charge in [-0.3, -0.25) is 9.59 Å². The van der Waals surface area contributed by atoms with Gasteiger partial charge in [-0.05, 0) is 56.3 Å². The Morgan fingerprint density at radius 2 is 1.96 bits per heavy atom. The predicted octanol–water partition coefficient (Wildman–Crippen LogP) is 2.75. The van der Waals surface area contributed by atoms with Crippen LogP contribution < -0.4 is 0 Å². The molecule has 138 valence electrons. The summed E-state index contributed by atoms with van der Waals surface area (Å²) in [5.74, 6) is 1.46. The van der Waals surface area contributed by atoms with Crippen LogP contribution in [0.3, 0.4) is 0 Å². The molecule has 0 saturated heterocycles. The van der Waals surface area contributed by atoms with Crippen LogP contribution in [-0.4, -0.2) is 36.1 Å². The summed E-state index contributed by atoms with van der Waals surface area (Å²) in [7, 11) is 1.54. The first-order valence-corrected chi connectivity index (χ1v) is 9.72. The number of hydrogen-bond acceptors (Lipinski definition) is 5. The number of rotatable bonds is 2. The van der Waals surface area contributed by atoms with Crippen LogP contribution in [0.5, 0.6) is 0 Å². The fourth-order valence-corrected chi connectivity index (χ4v) is 6.92. The molecule has 0 aliphatic heterocycles. The molecule has 4 aliphatic carbocycles. The first kappa shape index (κ1) is 17.2. The minimum Gasteiger partial charge on any atom is -0.399 e. The van der Waals surface area contributed by atoms with E-state index >= 15 is 0 Å². The summed E-state index contributed by atoms with van der Waals surface area (Å²) in [6.07, 6.45) is 6.26. The van der Waals surface area contributed by atoms with Crippen molar-refractivity contribution in [1.82, 2.24) is 0 Å². The molecule has 1 N–H and O–H groups in total. The molecule has 4 unspecified atom stereocenters. The zero-order chi connectivity index (χ0) is 17.8. The van der Waals surface area contributed by atoms with Gasteiger partial charge >= 0.3 is 0 Å². The maximum atomic E-state index is 13.1. The third-order valence-electron chi connectivity index (χ3n) is 8.24. The van der Waals surface area contributed by atoms with Crippen molar-refractivity contribution in [2.24, 2.45) is 39.7 Å². The zero-order valence-electron chi connectivity index (χ0n) is 15.3. The van der Waals surface area contributed by atoms with Crippen molar-refractivity contribution >= 4 is 17.3 Å². The van der Waals surface area contributed by atoms with Crippen molar-refractivity contribution in [3.8, 4) is 0 Å². The number of carbonyl (C=O) groups excluding carboxylic acids is 2. The first-order valence-electron chi connectivity index (χ1n) is 9.72. The van der Waals surface area contributed by atoms with Crippen molar-refractivity contribution in [2.75, 3.05) is 13.7 Å². The fourth-order valence-electron chi connectivity index (χ4n) is 6.92. The van der Waals surface area contributed by atoms with E-state index in [2.05, 4.69) is 12.1 Å². The molecule has 5 heteroatoms. The summed E-state index contributed by atoms with van der Waals surface area (Å²) in [5, 5.41) is 14.5. The van der Waals surface area contributed by atoms with E-state index in [1.807, 2.05) is 0 Å². The molecule has 6 atom stereocenters. The topological polar surface area (TPSA) is 76.0 Å². The number of nitrogens with zero attached hydrogens (tertiary/aromatic N) is 1. The minimum absolute atomic E-state index is 0.0716. The quantitative estimate of drug-likeness (QED) is 0.779. The van der Waals surface area contributed by atoms with E-state index in [0.717, 1.165) is 37.8 Å². The molecular weight excluding hydrogens is 318 g/mol. The predicted molar refractivity (Wildman–Crippen MR) is 93.0 cm³/mol. The lowest BCUT2D eigenvalue weighted by Gasteiger charge is -2.59. The van der Waals surface area contributed by atoms with Gasteiger partial charge in [-0.25, -0.2) is 0 Å². The molecule has 25 heavy (non-hydrogen) atoms. The Labute approximate surface area is 149 Å². The van der Waals surface area contributed by atoms with Gasteiger partial charge in [0.25, 0.3) is 0 Å². The van der Waals surface area contributed by atoms with Crippen LogP contribution >= 0.6 is 0 Å². The molecule has 0 aromatic carbocycles. The van der Waals surface area contributed by atoms with Crippen molar-refractivity contribution in [2.45, 2.75) is 58.3 Å². The van der Waals surface area contributed by atoms with Gasteiger partial charge < -0.3 is 9.94 Å². The highest BCUT2D eigenvalue weighted by atomic mass is 16.6.